The summed E-state index contributed by atoms with van der Waals surface area (Å²) in [5.74, 6) is 0.639. The summed E-state index contributed by atoms with van der Waals surface area (Å²) in [4.78, 5) is 15.1. The zero-order chi connectivity index (χ0) is 14.4. The van der Waals surface area contributed by atoms with Gasteiger partial charge in [-0.05, 0) is 43.7 Å². The Balaban J connectivity index is 1.59. The average Bonchev–Trinajstić information content (AvgIpc) is 3.22. The minimum absolute atomic E-state index is 0.177. The number of benzene rings is 1. The van der Waals surface area contributed by atoms with Crippen LogP contribution in [0, 0.1) is 5.92 Å². The van der Waals surface area contributed by atoms with Crippen molar-refractivity contribution >= 4 is 5.91 Å². The van der Waals surface area contributed by atoms with Crippen molar-refractivity contribution in [3.05, 3.63) is 35.4 Å². The number of nitrogens with one attached hydrogen (secondary N) is 1. The third-order valence-electron chi connectivity index (χ3n) is 5.78. The molecule has 1 spiro atoms. The summed E-state index contributed by atoms with van der Waals surface area (Å²) >= 11 is 0. The van der Waals surface area contributed by atoms with Crippen molar-refractivity contribution in [3.8, 4) is 0 Å². The fourth-order valence-electron chi connectivity index (χ4n) is 4.52. The average molecular weight is 284 g/mol. The molecule has 21 heavy (non-hydrogen) atoms. The lowest BCUT2D eigenvalue weighted by Crippen LogP contribution is -2.53. The minimum atomic E-state index is 0.177. The van der Waals surface area contributed by atoms with E-state index in [-0.39, 0.29) is 11.3 Å². The lowest BCUT2D eigenvalue weighted by atomic mass is 9.78. The van der Waals surface area contributed by atoms with Crippen LogP contribution < -0.4 is 5.32 Å². The smallest absolute Gasteiger partial charge is 0.226 e. The van der Waals surface area contributed by atoms with Crippen molar-refractivity contribution in [2.75, 3.05) is 19.6 Å². The topological polar surface area (TPSA) is 32.3 Å². The third-order valence-corrected chi connectivity index (χ3v) is 5.78. The van der Waals surface area contributed by atoms with Crippen LogP contribution >= 0.6 is 0 Å². The number of fused-ring (bicyclic) bond motifs is 2. The van der Waals surface area contributed by atoms with Crippen molar-refractivity contribution < 1.29 is 4.79 Å². The number of rotatable bonds is 1. The molecular formula is C18H24N2O. The van der Waals surface area contributed by atoms with Crippen molar-refractivity contribution in [2.24, 2.45) is 5.92 Å². The second-order valence-corrected chi connectivity index (χ2v) is 7.01. The van der Waals surface area contributed by atoms with Gasteiger partial charge in [0.15, 0.2) is 0 Å². The van der Waals surface area contributed by atoms with Crippen LogP contribution in [0.5, 0.6) is 0 Å². The van der Waals surface area contributed by atoms with Gasteiger partial charge in [0.05, 0.1) is 0 Å². The van der Waals surface area contributed by atoms with Gasteiger partial charge in [0.25, 0.3) is 0 Å². The fraction of sp³-hybridized carbons (Fsp3) is 0.611. The van der Waals surface area contributed by atoms with E-state index >= 15 is 0 Å². The maximum absolute atomic E-state index is 13.0. The van der Waals surface area contributed by atoms with Gasteiger partial charge in [-0.25, -0.2) is 0 Å². The molecule has 4 rings (SSSR count). The summed E-state index contributed by atoms with van der Waals surface area (Å²) in [6.45, 7) is 4.90. The molecule has 3 unspecified atom stereocenters. The van der Waals surface area contributed by atoms with E-state index in [0.29, 0.717) is 11.9 Å². The van der Waals surface area contributed by atoms with Gasteiger partial charge in [-0.3, -0.25) is 4.79 Å². The predicted octanol–water partition coefficient (Wildman–Crippen LogP) is 2.10. The Morgan fingerprint density at radius 1 is 1.38 bits per heavy atom. The number of hydrogen-bond donors (Lipinski definition) is 1. The highest BCUT2D eigenvalue weighted by Crippen LogP contribution is 2.60. The molecule has 3 aliphatic rings. The largest absolute Gasteiger partial charge is 0.337 e. The van der Waals surface area contributed by atoms with Gasteiger partial charge in [-0.1, -0.05) is 24.3 Å². The Hall–Kier alpha value is -1.35. The van der Waals surface area contributed by atoms with Gasteiger partial charge in [0.1, 0.15) is 0 Å². The lowest BCUT2D eigenvalue weighted by molar-refractivity contribution is -0.135. The lowest BCUT2D eigenvalue weighted by Gasteiger charge is -2.35. The molecular weight excluding hydrogens is 260 g/mol. The Bertz CT molecular complexity index is 570. The van der Waals surface area contributed by atoms with E-state index in [4.69, 9.17) is 0 Å². The molecule has 2 fully saturated rings. The Kier molecular flexibility index (Phi) is 3.07. The van der Waals surface area contributed by atoms with E-state index in [0.717, 1.165) is 26.1 Å². The first-order valence-electron chi connectivity index (χ1n) is 8.32. The van der Waals surface area contributed by atoms with E-state index < -0.39 is 0 Å². The Morgan fingerprint density at radius 2 is 2.24 bits per heavy atom. The Morgan fingerprint density at radius 3 is 3.10 bits per heavy atom. The summed E-state index contributed by atoms with van der Waals surface area (Å²) in [5, 5.41) is 3.37. The fourth-order valence-corrected chi connectivity index (χ4v) is 4.52. The molecule has 1 saturated carbocycles. The maximum Gasteiger partial charge on any atom is 0.226 e. The molecule has 2 aliphatic carbocycles. The summed E-state index contributed by atoms with van der Waals surface area (Å²) in [7, 11) is 0. The highest BCUT2D eigenvalue weighted by Gasteiger charge is 2.61. The highest BCUT2D eigenvalue weighted by atomic mass is 16.2. The van der Waals surface area contributed by atoms with E-state index in [1.165, 1.54) is 30.4 Å². The third kappa shape index (κ3) is 2.02. The van der Waals surface area contributed by atoms with Crippen LogP contribution in [0.4, 0.5) is 0 Å². The van der Waals surface area contributed by atoms with Crippen LogP contribution in [0.15, 0.2) is 24.3 Å². The van der Waals surface area contributed by atoms with Gasteiger partial charge in [-0.2, -0.15) is 0 Å². The maximum atomic E-state index is 13.0. The second-order valence-electron chi connectivity index (χ2n) is 7.01. The standard InChI is InChI=1S/C18H24N2O/c1-13-12-19-9-10-20(13)17(21)16-11-18(16)8-4-6-14-5-2-3-7-15(14)18/h2-3,5,7,13,16,19H,4,6,8-12H2,1H3. The quantitative estimate of drug-likeness (QED) is 0.856. The molecule has 3 heteroatoms. The molecule has 1 N–H and O–H groups in total. The van der Waals surface area contributed by atoms with Crippen LogP contribution in [0.2, 0.25) is 0 Å². The van der Waals surface area contributed by atoms with E-state index in [1.807, 2.05) is 0 Å². The van der Waals surface area contributed by atoms with Gasteiger partial charge in [0.2, 0.25) is 5.91 Å². The first-order chi connectivity index (χ1) is 10.2. The monoisotopic (exact) mass is 284 g/mol. The summed E-state index contributed by atoms with van der Waals surface area (Å²) < 4.78 is 0. The SMILES string of the molecule is CC1CNCCN1C(=O)C1CC12CCCc1ccccc12. The highest BCUT2D eigenvalue weighted by molar-refractivity contribution is 5.85. The Labute approximate surface area is 126 Å². The summed E-state index contributed by atoms with van der Waals surface area (Å²) in [6.07, 6.45) is 4.68. The zero-order valence-electron chi connectivity index (χ0n) is 12.8. The molecule has 0 bridgehead atoms. The molecule has 0 radical (unpaired) electrons. The van der Waals surface area contributed by atoms with E-state index in [2.05, 4.69) is 41.4 Å². The predicted molar refractivity (Wildman–Crippen MR) is 83.2 cm³/mol. The number of carbonyl (C=O) groups is 1. The van der Waals surface area contributed by atoms with Crippen LogP contribution in [0.1, 0.15) is 37.3 Å². The van der Waals surface area contributed by atoms with Crippen molar-refractivity contribution in [1.82, 2.24) is 10.2 Å². The van der Waals surface area contributed by atoms with Crippen LogP contribution in [-0.4, -0.2) is 36.5 Å². The van der Waals surface area contributed by atoms with E-state index in [1.54, 1.807) is 0 Å². The van der Waals surface area contributed by atoms with Crippen LogP contribution in [-0.2, 0) is 16.6 Å². The minimum Gasteiger partial charge on any atom is -0.337 e. The number of hydrogen-bond acceptors (Lipinski definition) is 2. The molecule has 1 heterocycles. The summed E-state index contributed by atoms with van der Waals surface area (Å²) in [5.41, 5.74) is 3.13. The van der Waals surface area contributed by atoms with Gasteiger partial charge >= 0.3 is 0 Å². The van der Waals surface area contributed by atoms with Crippen molar-refractivity contribution in [1.29, 1.82) is 0 Å². The van der Waals surface area contributed by atoms with Crippen LogP contribution in [0.25, 0.3) is 0 Å². The molecule has 1 aliphatic heterocycles. The van der Waals surface area contributed by atoms with Crippen molar-refractivity contribution in [2.45, 2.75) is 44.1 Å². The molecule has 3 nitrogen and oxygen atoms in total. The van der Waals surface area contributed by atoms with Gasteiger partial charge < -0.3 is 10.2 Å². The molecule has 1 amide bonds. The van der Waals surface area contributed by atoms with E-state index in [9.17, 15) is 4.79 Å². The number of amides is 1. The number of aryl methyl sites for hydroxylation is 1. The van der Waals surface area contributed by atoms with Gasteiger partial charge in [-0.15, -0.1) is 0 Å². The number of piperazine rings is 1. The number of carbonyl (C=O) groups excluding carboxylic acids is 1. The van der Waals surface area contributed by atoms with Gasteiger partial charge in [0, 0.05) is 37.0 Å². The van der Waals surface area contributed by atoms with Crippen LogP contribution in [0.3, 0.4) is 0 Å². The molecule has 1 aromatic carbocycles. The first kappa shape index (κ1) is 13.3. The molecule has 1 aromatic rings. The van der Waals surface area contributed by atoms with Crippen molar-refractivity contribution in [3.63, 3.8) is 0 Å². The second kappa shape index (κ2) is 4.84. The molecule has 112 valence electrons. The molecule has 3 atom stereocenters. The molecule has 1 saturated heterocycles. The zero-order valence-corrected chi connectivity index (χ0v) is 12.8. The summed E-state index contributed by atoms with van der Waals surface area (Å²) in [6, 6.07) is 9.13. The molecule has 0 aromatic heterocycles. The first-order valence-corrected chi connectivity index (χ1v) is 8.32. The number of nitrogens with zero attached hydrogens (tertiary/aromatic N) is 1. The normalized spacial score (nSPS) is 34.6.